The molecule has 2 aromatic carbocycles. The first-order valence-electron chi connectivity index (χ1n) is 8.42. The molecular weight excluding hydrogens is 391 g/mol. The van der Waals surface area contributed by atoms with E-state index in [-0.39, 0.29) is 28.9 Å². The molecule has 8 heteroatoms. The van der Waals surface area contributed by atoms with Crippen molar-refractivity contribution >= 4 is 35.0 Å². The smallest absolute Gasteiger partial charge is 0.254 e. The second-order valence-electron chi connectivity index (χ2n) is 6.30. The van der Waals surface area contributed by atoms with E-state index in [1.807, 2.05) is 0 Å². The number of nitrogens with zero attached hydrogens (tertiary/aromatic N) is 2. The molecule has 0 atom stereocenters. The third-order valence-corrected chi connectivity index (χ3v) is 5.13. The van der Waals surface area contributed by atoms with Crippen molar-refractivity contribution < 1.29 is 19.8 Å². The molecule has 1 aliphatic rings. The van der Waals surface area contributed by atoms with Crippen LogP contribution in [0.1, 0.15) is 27.1 Å². The number of amides is 2. The molecule has 0 saturated carbocycles. The first-order chi connectivity index (χ1) is 12.8. The van der Waals surface area contributed by atoms with Gasteiger partial charge < -0.3 is 20.0 Å². The summed E-state index contributed by atoms with van der Waals surface area (Å²) in [6.45, 7) is 1.70. The van der Waals surface area contributed by atoms with Gasteiger partial charge in [-0.2, -0.15) is 0 Å². The number of phenolic OH excluding ortho intramolecular Hbond substituents is 2. The summed E-state index contributed by atoms with van der Waals surface area (Å²) in [5, 5.41) is 19.9. The van der Waals surface area contributed by atoms with Gasteiger partial charge in [0, 0.05) is 43.4 Å². The molecule has 1 fully saturated rings. The van der Waals surface area contributed by atoms with Crippen LogP contribution in [0.2, 0.25) is 10.0 Å². The summed E-state index contributed by atoms with van der Waals surface area (Å²) in [5.74, 6) is -0.822. The third-order valence-electron chi connectivity index (χ3n) is 4.39. The Labute approximate surface area is 166 Å². The van der Waals surface area contributed by atoms with Crippen LogP contribution in [0.25, 0.3) is 0 Å². The molecule has 1 saturated heterocycles. The van der Waals surface area contributed by atoms with Crippen molar-refractivity contribution in [2.75, 3.05) is 26.2 Å². The Balaban J connectivity index is 1.70. The molecule has 0 bridgehead atoms. The van der Waals surface area contributed by atoms with Gasteiger partial charge in [-0.3, -0.25) is 9.59 Å². The lowest BCUT2D eigenvalue weighted by molar-refractivity contribution is 0.0718. The molecule has 2 N–H and O–H groups in total. The summed E-state index contributed by atoms with van der Waals surface area (Å²) in [7, 11) is 0. The lowest BCUT2D eigenvalue weighted by Crippen LogP contribution is -2.37. The van der Waals surface area contributed by atoms with Crippen LogP contribution in [0.15, 0.2) is 36.4 Å². The Hall–Kier alpha value is -2.44. The van der Waals surface area contributed by atoms with Crippen LogP contribution in [0.4, 0.5) is 0 Å². The van der Waals surface area contributed by atoms with Crippen LogP contribution < -0.4 is 0 Å². The molecule has 2 amide bonds. The molecule has 0 radical (unpaired) electrons. The highest BCUT2D eigenvalue weighted by atomic mass is 35.5. The first kappa shape index (κ1) is 19.3. The average molecular weight is 409 g/mol. The monoisotopic (exact) mass is 408 g/mol. The van der Waals surface area contributed by atoms with E-state index in [0.29, 0.717) is 48.2 Å². The van der Waals surface area contributed by atoms with E-state index in [1.54, 1.807) is 21.9 Å². The molecule has 142 valence electrons. The minimum atomic E-state index is -0.301. The lowest BCUT2D eigenvalue weighted by atomic mass is 10.1. The van der Waals surface area contributed by atoms with E-state index in [1.165, 1.54) is 18.2 Å². The number of aromatic hydroxyl groups is 2. The predicted molar refractivity (Wildman–Crippen MR) is 103 cm³/mol. The summed E-state index contributed by atoms with van der Waals surface area (Å²) in [4.78, 5) is 28.6. The lowest BCUT2D eigenvalue weighted by Gasteiger charge is -2.22. The van der Waals surface area contributed by atoms with Gasteiger partial charge in [-0.1, -0.05) is 23.2 Å². The summed E-state index contributed by atoms with van der Waals surface area (Å²) in [6, 6.07) is 8.53. The maximum atomic E-state index is 12.7. The fourth-order valence-corrected chi connectivity index (χ4v) is 3.33. The fourth-order valence-electron chi connectivity index (χ4n) is 3.04. The highest BCUT2D eigenvalue weighted by Gasteiger charge is 2.24. The van der Waals surface area contributed by atoms with Gasteiger partial charge in [0.05, 0.1) is 10.0 Å². The van der Waals surface area contributed by atoms with Gasteiger partial charge in [-0.15, -0.1) is 0 Å². The maximum Gasteiger partial charge on any atom is 0.254 e. The number of hydrogen-bond acceptors (Lipinski definition) is 4. The van der Waals surface area contributed by atoms with Crippen molar-refractivity contribution in [3.05, 3.63) is 57.6 Å². The minimum Gasteiger partial charge on any atom is -0.508 e. The largest absolute Gasteiger partial charge is 0.508 e. The van der Waals surface area contributed by atoms with E-state index >= 15 is 0 Å². The fraction of sp³-hybridized carbons (Fsp3) is 0.263. The molecule has 1 aliphatic heterocycles. The number of halogens is 2. The van der Waals surface area contributed by atoms with E-state index in [0.717, 1.165) is 6.07 Å². The van der Waals surface area contributed by atoms with Crippen LogP contribution >= 0.6 is 23.2 Å². The zero-order chi connectivity index (χ0) is 19.6. The Kier molecular flexibility index (Phi) is 5.77. The number of carbonyl (C=O) groups excluding carboxylic acids is 2. The van der Waals surface area contributed by atoms with E-state index < -0.39 is 0 Å². The summed E-state index contributed by atoms with van der Waals surface area (Å²) in [5.41, 5.74) is 0.652. The van der Waals surface area contributed by atoms with Gasteiger partial charge in [-0.05, 0) is 36.8 Å². The van der Waals surface area contributed by atoms with Crippen molar-refractivity contribution in [2.24, 2.45) is 0 Å². The zero-order valence-electron chi connectivity index (χ0n) is 14.4. The van der Waals surface area contributed by atoms with Gasteiger partial charge in [0.15, 0.2) is 0 Å². The molecule has 27 heavy (non-hydrogen) atoms. The second-order valence-corrected chi connectivity index (χ2v) is 7.12. The van der Waals surface area contributed by atoms with Crippen molar-refractivity contribution in [1.82, 2.24) is 9.80 Å². The average Bonchev–Trinajstić information content (AvgIpc) is 2.88. The van der Waals surface area contributed by atoms with E-state index in [2.05, 4.69) is 0 Å². The van der Waals surface area contributed by atoms with E-state index in [4.69, 9.17) is 23.2 Å². The molecule has 0 aromatic heterocycles. The predicted octanol–water partition coefficient (Wildman–Crippen LogP) is 3.39. The van der Waals surface area contributed by atoms with Crippen molar-refractivity contribution in [2.45, 2.75) is 6.42 Å². The number of carbonyl (C=O) groups is 2. The molecule has 0 unspecified atom stereocenters. The molecule has 6 nitrogen and oxygen atoms in total. The van der Waals surface area contributed by atoms with Gasteiger partial charge in [0.25, 0.3) is 11.8 Å². The quantitative estimate of drug-likeness (QED) is 0.797. The normalized spacial score (nSPS) is 14.7. The Morgan fingerprint density at radius 3 is 1.85 bits per heavy atom. The molecular formula is C19H18Cl2N2O4. The standard InChI is InChI=1S/C19H18Cl2N2O4/c20-16-3-2-12(10-17(16)21)18(26)22-4-1-5-23(7-6-22)19(27)13-8-14(24)11-15(25)9-13/h2-3,8-11,24-25H,1,4-7H2. The number of benzene rings is 2. The van der Waals surface area contributed by atoms with Crippen LogP contribution in [-0.2, 0) is 0 Å². The van der Waals surface area contributed by atoms with Crippen molar-refractivity contribution in [3.63, 3.8) is 0 Å². The Morgan fingerprint density at radius 2 is 1.30 bits per heavy atom. The van der Waals surface area contributed by atoms with Gasteiger partial charge in [-0.25, -0.2) is 0 Å². The van der Waals surface area contributed by atoms with Crippen molar-refractivity contribution in [1.29, 1.82) is 0 Å². The highest BCUT2D eigenvalue weighted by Crippen LogP contribution is 2.24. The molecule has 0 aliphatic carbocycles. The molecule has 2 aromatic rings. The van der Waals surface area contributed by atoms with E-state index in [9.17, 15) is 19.8 Å². The second kappa shape index (κ2) is 8.06. The molecule has 0 spiro atoms. The summed E-state index contributed by atoms with van der Waals surface area (Å²) in [6.07, 6.45) is 0.615. The number of hydrogen-bond donors (Lipinski definition) is 2. The molecule has 1 heterocycles. The van der Waals surface area contributed by atoms with Gasteiger partial charge in [0.2, 0.25) is 0 Å². The van der Waals surface area contributed by atoms with Crippen LogP contribution in [0, 0.1) is 0 Å². The van der Waals surface area contributed by atoms with Crippen LogP contribution in [-0.4, -0.2) is 58.0 Å². The number of phenols is 2. The van der Waals surface area contributed by atoms with Gasteiger partial charge in [0.1, 0.15) is 11.5 Å². The summed E-state index contributed by atoms with van der Waals surface area (Å²) < 4.78 is 0. The number of rotatable bonds is 2. The molecule has 3 rings (SSSR count). The minimum absolute atomic E-state index is 0.169. The first-order valence-corrected chi connectivity index (χ1v) is 9.17. The Morgan fingerprint density at radius 1 is 0.741 bits per heavy atom. The van der Waals surface area contributed by atoms with Gasteiger partial charge >= 0.3 is 0 Å². The van der Waals surface area contributed by atoms with Crippen molar-refractivity contribution in [3.8, 4) is 11.5 Å². The SMILES string of the molecule is O=C(c1cc(O)cc(O)c1)N1CCCN(C(=O)c2ccc(Cl)c(Cl)c2)CC1. The van der Waals surface area contributed by atoms with Crippen LogP contribution in [0.3, 0.4) is 0 Å². The zero-order valence-corrected chi connectivity index (χ0v) is 15.9. The topological polar surface area (TPSA) is 81.1 Å². The highest BCUT2D eigenvalue weighted by molar-refractivity contribution is 6.42. The third kappa shape index (κ3) is 4.46. The summed E-state index contributed by atoms with van der Waals surface area (Å²) >= 11 is 11.9. The maximum absolute atomic E-state index is 12.7. The van der Waals surface area contributed by atoms with Crippen LogP contribution in [0.5, 0.6) is 11.5 Å². The Bertz CT molecular complexity index is 868.